The van der Waals surface area contributed by atoms with Gasteiger partial charge in [0.05, 0.1) is 29.5 Å². The van der Waals surface area contributed by atoms with Crippen molar-refractivity contribution in [3.8, 4) is 0 Å². The fourth-order valence-electron chi connectivity index (χ4n) is 2.09. The summed E-state index contributed by atoms with van der Waals surface area (Å²) in [6, 6.07) is 0. The summed E-state index contributed by atoms with van der Waals surface area (Å²) in [5.41, 5.74) is -1.95. The molecule has 1 rings (SSSR count). The number of esters is 1. The summed E-state index contributed by atoms with van der Waals surface area (Å²) in [5.74, 6) is -1.26. The molecule has 0 radical (unpaired) electrons. The topological polar surface area (TPSA) is 94.9 Å². The number of nitrogens with one attached hydrogen (secondary N) is 1. The predicted octanol–water partition coefficient (Wildman–Crippen LogP) is 2.40. The van der Waals surface area contributed by atoms with Gasteiger partial charge in [0, 0.05) is 0 Å². The average Bonchev–Trinajstić information content (AvgIpc) is 2.73. The molecule has 0 amide bonds. The Hall–Kier alpha value is -1.67. The molecule has 1 unspecified atom stereocenters. The largest absolute Gasteiger partial charge is 0.477 e. The Bertz CT molecular complexity index is 539. The van der Waals surface area contributed by atoms with Crippen molar-refractivity contribution < 1.29 is 28.4 Å². The highest BCUT2D eigenvalue weighted by Crippen LogP contribution is 2.39. The summed E-state index contributed by atoms with van der Waals surface area (Å²) in [6.45, 7) is 10.9. The van der Waals surface area contributed by atoms with Crippen LogP contribution >= 0.6 is 0 Å². The van der Waals surface area contributed by atoms with Crippen molar-refractivity contribution in [3.05, 3.63) is 12.2 Å². The Balaban J connectivity index is 2.65. The normalized spacial score (nSPS) is 20.4. The van der Waals surface area contributed by atoms with E-state index in [1.807, 2.05) is 27.7 Å². The fourth-order valence-corrected chi connectivity index (χ4v) is 2.09. The van der Waals surface area contributed by atoms with Gasteiger partial charge in [0.15, 0.2) is 0 Å². The van der Waals surface area contributed by atoms with E-state index in [9.17, 15) is 9.59 Å². The Morgan fingerprint density at radius 1 is 1.24 bits per heavy atom. The molecule has 7 nitrogen and oxygen atoms in total. The summed E-state index contributed by atoms with van der Waals surface area (Å²) in [5, 5.41) is 7.80. The molecule has 0 aromatic rings. The minimum absolute atomic E-state index is 0.00884. The van der Waals surface area contributed by atoms with Gasteiger partial charge in [0.1, 0.15) is 12.9 Å². The summed E-state index contributed by atoms with van der Waals surface area (Å²) in [4.78, 5) is 23.0. The van der Waals surface area contributed by atoms with Gasteiger partial charge in [0.2, 0.25) is 5.90 Å². The van der Waals surface area contributed by atoms with Crippen LogP contribution in [-0.4, -0.2) is 50.2 Å². The van der Waals surface area contributed by atoms with Gasteiger partial charge in [-0.15, -0.1) is 0 Å². The van der Waals surface area contributed by atoms with E-state index in [-0.39, 0.29) is 12.5 Å². The van der Waals surface area contributed by atoms with E-state index >= 15 is 0 Å². The molecule has 1 fully saturated rings. The molecule has 1 saturated heterocycles. The molecule has 1 N–H and O–H groups in total. The fraction of sp³-hybridized carbons (Fsp3) is 0.706. The van der Waals surface area contributed by atoms with Gasteiger partial charge in [-0.25, -0.2) is 0 Å². The van der Waals surface area contributed by atoms with Gasteiger partial charge in [-0.3, -0.25) is 10.2 Å². The summed E-state index contributed by atoms with van der Waals surface area (Å²) in [6.07, 6.45) is 3.57. The maximum Gasteiger partial charge on any atom is 0.472 e. The highest BCUT2D eigenvalue weighted by atomic mass is 16.7. The number of allylic oxidation sites excluding steroid dienone is 1. The second kappa shape index (κ2) is 7.70. The van der Waals surface area contributed by atoms with Crippen LogP contribution in [0.25, 0.3) is 0 Å². The van der Waals surface area contributed by atoms with Crippen LogP contribution in [0.5, 0.6) is 0 Å². The van der Waals surface area contributed by atoms with E-state index in [1.165, 1.54) is 19.3 Å². The minimum atomic E-state index is -0.870. The molecule has 0 spiro atoms. The number of carbonyl (C=O) groups is 2. The molecule has 0 aromatic heterocycles. The van der Waals surface area contributed by atoms with Crippen LogP contribution in [0, 0.1) is 10.8 Å². The molecule has 8 heteroatoms. The van der Waals surface area contributed by atoms with E-state index in [0.717, 1.165) is 0 Å². The number of carbonyl (C=O) groups excluding carboxylic acids is 2. The number of ether oxygens (including phenoxy) is 2. The lowest BCUT2D eigenvalue weighted by Crippen LogP contribution is -2.41. The van der Waals surface area contributed by atoms with Crippen LogP contribution in [-0.2, 0) is 28.4 Å². The van der Waals surface area contributed by atoms with Crippen LogP contribution in [0.2, 0.25) is 5.82 Å². The molecule has 0 bridgehead atoms. The molecule has 0 aliphatic carbocycles. The Labute approximate surface area is 149 Å². The van der Waals surface area contributed by atoms with Gasteiger partial charge < -0.3 is 23.6 Å². The molecule has 140 valence electrons. The first-order valence-electron chi connectivity index (χ1n) is 8.15. The van der Waals surface area contributed by atoms with Crippen LogP contribution in [0.1, 0.15) is 41.5 Å². The van der Waals surface area contributed by atoms with Gasteiger partial charge >= 0.3 is 13.1 Å². The van der Waals surface area contributed by atoms with E-state index < -0.39 is 35.5 Å². The lowest BCUT2D eigenvalue weighted by Gasteiger charge is -2.32. The monoisotopic (exact) mass is 353 g/mol. The van der Waals surface area contributed by atoms with Crippen LogP contribution < -0.4 is 0 Å². The third-order valence-corrected chi connectivity index (χ3v) is 4.54. The molecule has 1 atom stereocenters. The smallest absolute Gasteiger partial charge is 0.472 e. The molecule has 1 aliphatic rings. The van der Waals surface area contributed by atoms with Gasteiger partial charge in [-0.1, -0.05) is 6.08 Å². The van der Waals surface area contributed by atoms with Crippen molar-refractivity contribution in [2.45, 2.75) is 58.6 Å². The summed E-state index contributed by atoms with van der Waals surface area (Å²) in [7, 11) is 0.576. The Kier molecular flexibility index (Phi) is 6.58. The highest BCUT2D eigenvalue weighted by molar-refractivity contribution is 6.52. The lowest BCUT2D eigenvalue weighted by atomic mass is 9.72. The second-order valence-corrected chi connectivity index (χ2v) is 7.73. The molecule has 1 aliphatic heterocycles. The first-order chi connectivity index (χ1) is 11.4. The number of hydrogen-bond donors (Lipinski definition) is 1. The van der Waals surface area contributed by atoms with Crippen molar-refractivity contribution in [2.75, 3.05) is 13.7 Å². The SMILES string of the molecule is COC(=O)C(C)(C)COC(=N)/C=C\C(C=O)B1OC(C)(C)C(C)(C)O1. The van der Waals surface area contributed by atoms with Gasteiger partial charge in [-0.05, 0) is 47.6 Å². The van der Waals surface area contributed by atoms with E-state index in [4.69, 9.17) is 19.5 Å². The van der Waals surface area contributed by atoms with Crippen LogP contribution in [0.4, 0.5) is 0 Å². The van der Waals surface area contributed by atoms with E-state index in [0.29, 0.717) is 6.29 Å². The number of aldehydes is 1. The number of hydrogen-bond acceptors (Lipinski definition) is 7. The second-order valence-electron chi connectivity index (χ2n) is 7.73. The summed E-state index contributed by atoms with van der Waals surface area (Å²) >= 11 is 0. The predicted molar refractivity (Wildman–Crippen MR) is 94.5 cm³/mol. The highest BCUT2D eigenvalue weighted by Gasteiger charge is 2.53. The van der Waals surface area contributed by atoms with Crippen molar-refractivity contribution in [3.63, 3.8) is 0 Å². The van der Waals surface area contributed by atoms with E-state index in [1.54, 1.807) is 13.8 Å². The molecule has 1 heterocycles. The third kappa shape index (κ3) is 5.15. The zero-order chi connectivity index (χ0) is 19.5. The Morgan fingerprint density at radius 2 is 1.76 bits per heavy atom. The standard InChI is InChI=1S/C17H28BNO6/c1-15(2,14(21)22-7)11-23-13(19)9-8-12(10-20)18-24-16(3,4)17(5,6)25-18/h8-10,12,19H,11H2,1-7H3/b9-8-,19-13?. The van der Waals surface area contributed by atoms with Gasteiger partial charge in [-0.2, -0.15) is 0 Å². The maximum atomic E-state index is 11.6. The van der Waals surface area contributed by atoms with E-state index in [2.05, 4.69) is 4.74 Å². The quantitative estimate of drug-likeness (QED) is 0.248. The van der Waals surface area contributed by atoms with Gasteiger partial charge in [0.25, 0.3) is 0 Å². The molecular weight excluding hydrogens is 325 g/mol. The zero-order valence-electron chi connectivity index (χ0n) is 16.0. The van der Waals surface area contributed by atoms with Crippen LogP contribution in [0.15, 0.2) is 12.2 Å². The number of rotatable bonds is 7. The Morgan fingerprint density at radius 3 is 2.20 bits per heavy atom. The molecule has 0 saturated carbocycles. The number of methoxy groups -OCH3 is 1. The first kappa shape index (κ1) is 21.4. The lowest BCUT2D eigenvalue weighted by molar-refractivity contribution is -0.152. The molecule has 0 aromatic carbocycles. The zero-order valence-corrected chi connectivity index (χ0v) is 16.0. The third-order valence-electron chi connectivity index (χ3n) is 4.54. The molecule has 25 heavy (non-hydrogen) atoms. The van der Waals surface area contributed by atoms with Crippen LogP contribution in [0.3, 0.4) is 0 Å². The summed E-state index contributed by atoms with van der Waals surface area (Å²) < 4.78 is 21.6. The van der Waals surface area contributed by atoms with Crippen molar-refractivity contribution >= 4 is 25.3 Å². The average molecular weight is 353 g/mol. The minimum Gasteiger partial charge on any atom is -0.477 e. The first-order valence-corrected chi connectivity index (χ1v) is 8.15. The molecular formula is C17H28BNO6. The maximum absolute atomic E-state index is 11.6. The van der Waals surface area contributed by atoms with Crippen molar-refractivity contribution in [1.82, 2.24) is 0 Å². The van der Waals surface area contributed by atoms with Crippen molar-refractivity contribution in [2.24, 2.45) is 5.41 Å². The van der Waals surface area contributed by atoms with Crippen molar-refractivity contribution in [1.29, 1.82) is 5.41 Å².